The van der Waals surface area contributed by atoms with E-state index in [1.54, 1.807) is 12.3 Å². The third-order valence-electron chi connectivity index (χ3n) is 3.94. The van der Waals surface area contributed by atoms with Crippen molar-refractivity contribution in [1.82, 2.24) is 4.98 Å². The first-order chi connectivity index (χ1) is 9.10. The molecule has 1 saturated carbocycles. The van der Waals surface area contributed by atoms with Crippen LogP contribution in [-0.4, -0.2) is 24.1 Å². The van der Waals surface area contributed by atoms with Crippen LogP contribution in [0, 0.1) is 11.8 Å². The largest absolute Gasteiger partial charge is 0.464 e. The minimum absolute atomic E-state index is 0.351. The van der Waals surface area contributed by atoms with Crippen LogP contribution in [0.5, 0.6) is 0 Å². The van der Waals surface area contributed by atoms with Crippen LogP contribution in [0.2, 0.25) is 0 Å². The molecule has 19 heavy (non-hydrogen) atoms. The Kier molecular flexibility index (Phi) is 4.40. The summed E-state index contributed by atoms with van der Waals surface area (Å²) in [6.07, 6.45) is 5.34. The van der Waals surface area contributed by atoms with Gasteiger partial charge >= 0.3 is 5.97 Å². The second-order valence-corrected chi connectivity index (χ2v) is 5.57. The lowest BCUT2D eigenvalue weighted by Gasteiger charge is -2.33. The molecule has 4 heteroatoms. The molecule has 1 N–H and O–H groups in total. The van der Waals surface area contributed by atoms with E-state index in [2.05, 4.69) is 28.9 Å². The summed E-state index contributed by atoms with van der Waals surface area (Å²) in [6.45, 7) is 4.60. The average Bonchev–Trinajstić information content (AvgIpc) is 2.41. The van der Waals surface area contributed by atoms with Crippen LogP contribution < -0.4 is 5.32 Å². The summed E-state index contributed by atoms with van der Waals surface area (Å²) in [5.41, 5.74) is 1.30. The van der Waals surface area contributed by atoms with Crippen molar-refractivity contribution in [3.05, 3.63) is 24.0 Å². The number of carbonyl (C=O) groups excluding carboxylic acids is 1. The van der Waals surface area contributed by atoms with E-state index >= 15 is 0 Å². The number of hydrogen-bond donors (Lipinski definition) is 1. The van der Waals surface area contributed by atoms with Gasteiger partial charge in [0, 0.05) is 17.9 Å². The van der Waals surface area contributed by atoms with Gasteiger partial charge in [-0.1, -0.05) is 13.8 Å². The van der Waals surface area contributed by atoms with Gasteiger partial charge < -0.3 is 10.1 Å². The molecule has 1 fully saturated rings. The van der Waals surface area contributed by atoms with E-state index < -0.39 is 5.97 Å². The zero-order valence-corrected chi connectivity index (χ0v) is 11.8. The fourth-order valence-electron chi connectivity index (χ4n) is 2.83. The molecule has 0 aliphatic heterocycles. The average molecular weight is 262 g/mol. The van der Waals surface area contributed by atoms with Crippen LogP contribution >= 0.6 is 0 Å². The number of nitrogens with one attached hydrogen (secondary N) is 1. The topological polar surface area (TPSA) is 51.2 Å². The number of ether oxygens (including phenoxy) is 1. The minimum Gasteiger partial charge on any atom is -0.464 e. The maximum absolute atomic E-state index is 11.5. The Morgan fingerprint density at radius 3 is 2.89 bits per heavy atom. The Morgan fingerprint density at radius 2 is 2.21 bits per heavy atom. The number of pyridine rings is 1. The smallest absolute Gasteiger partial charge is 0.356 e. The maximum atomic E-state index is 11.5. The summed E-state index contributed by atoms with van der Waals surface area (Å²) < 4.78 is 4.69. The lowest BCUT2D eigenvalue weighted by atomic mass is 9.80. The van der Waals surface area contributed by atoms with Crippen molar-refractivity contribution in [1.29, 1.82) is 0 Å². The van der Waals surface area contributed by atoms with Gasteiger partial charge in [-0.05, 0) is 43.2 Å². The van der Waals surface area contributed by atoms with Crippen molar-refractivity contribution < 1.29 is 9.53 Å². The Balaban J connectivity index is 2.04. The number of aromatic nitrogens is 1. The highest BCUT2D eigenvalue weighted by molar-refractivity contribution is 5.88. The van der Waals surface area contributed by atoms with Gasteiger partial charge in [0.15, 0.2) is 0 Å². The molecule has 3 atom stereocenters. The normalized spacial score (nSPS) is 26.8. The predicted octanol–water partition coefficient (Wildman–Crippen LogP) is 3.10. The molecule has 3 unspecified atom stereocenters. The van der Waals surface area contributed by atoms with Crippen molar-refractivity contribution in [2.24, 2.45) is 11.8 Å². The SMILES string of the molecule is COC(=O)c1cc(NC2CCC(C)CC2C)ccn1. The lowest BCUT2D eigenvalue weighted by Crippen LogP contribution is -2.33. The molecular formula is C15H22N2O2. The Morgan fingerprint density at radius 1 is 1.42 bits per heavy atom. The van der Waals surface area contributed by atoms with Gasteiger partial charge in [0.2, 0.25) is 0 Å². The van der Waals surface area contributed by atoms with E-state index in [4.69, 9.17) is 0 Å². The zero-order chi connectivity index (χ0) is 13.8. The molecule has 1 aliphatic carbocycles. The van der Waals surface area contributed by atoms with Gasteiger partial charge in [0.1, 0.15) is 5.69 Å². The monoisotopic (exact) mass is 262 g/mol. The highest BCUT2D eigenvalue weighted by Crippen LogP contribution is 2.30. The summed E-state index contributed by atoms with van der Waals surface area (Å²) in [5, 5.41) is 3.52. The molecule has 1 aromatic heterocycles. The van der Waals surface area contributed by atoms with Crippen LogP contribution in [0.3, 0.4) is 0 Å². The maximum Gasteiger partial charge on any atom is 0.356 e. The van der Waals surface area contributed by atoms with Crippen molar-refractivity contribution in [3.63, 3.8) is 0 Å². The Bertz CT molecular complexity index is 448. The van der Waals surface area contributed by atoms with Gasteiger partial charge in [0.05, 0.1) is 7.11 Å². The third-order valence-corrected chi connectivity index (χ3v) is 3.94. The van der Waals surface area contributed by atoms with E-state index in [9.17, 15) is 4.79 Å². The molecule has 1 aromatic rings. The zero-order valence-electron chi connectivity index (χ0n) is 11.8. The number of hydrogen-bond acceptors (Lipinski definition) is 4. The first kappa shape index (κ1) is 13.8. The Hall–Kier alpha value is -1.58. The predicted molar refractivity (Wildman–Crippen MR) is 75.2 cm³/mol. The minimum atomic E-state index is -0.394. The summed E-state index contributed by atoms with van der Waals surface area (Å²) in [6, 6.07) is 4.14. The fourth-order valence-corrected chi connectivity index (χ4v) is 2.83. The van der Waals surface area contributed by atoms with E-state index in [1.807, 2.05) is 6.07 Å². The molecule has 0 aromatic carbocycles. The van der Waals surface area contributed by atoms with E-state index in [-0.39, 0.29) is 0 Å². The second kappa shape index (κ2) is 6.04. The quantitative estimate of drug-likeness (QED) is 0.850. The molecule has 1 aliphatic rings. The number of methoxy groups -OCH3 is 1. The fraction of sp³-hybridized carbons (Fsp3) is 0.600. The molecule has 0 saturated heterocycles. The summed E-state index contributed by atoms with van der Waals surface area (Å²) in [5.74, 6) is 1.07. The van der Waals surface area contributed by atoms with Crippen LogP contribution in [0.25, 0.3) is 0 Å². The van der Waals surface area contributed by atoms with Gasteiger partial charge in [-0.3, -0.25) is 0 Å². The third kappa shape index (κ3) is 3.46. The molecule has 0 radical (unpaired) electrons. The van der Waals surface area contributed by atoms with Crippen LogP contribution in [-0.2, 0) is 4.74 Å². The molecule has 0 bridgehead atoms. The van der Waals surface area contributed by atoms with Crippen molar-refractivity contribution in [2.45, 2.75) is 39.2 Å². The molecule has 1 heterocycles. The Labute approximate surface area is 114 Å². The first-order valence-corrected chi connectivity index (χ1v) is 6.91. The number of esters is 1. The standard InChI is InChI=1S/C15H22N2O2/c1-10-4-5-13(11(2)8-10)17-12-6-7-16-14(9-12)15(18)19-3/h6-7,9-11,13H,4-5,8H2,1-3H3,(H,16,17). The molecular weight excluding hydrogens is 240 g/mol. The van der Waals surface area contributed by atoms with E-state index in [0.717, 1.165) is 11.6 Å². The van der Waals surface area contributed by atoms with E-state index in [1.165, 1.54) is 26.4 Å². The van der Waals surface area contributed by atoms with Gasteiger partial charge in [-0.25, -0.2) is 9.78 Å². The van der Waals surface area contributed by atoms with Gasteiger partial charge in [-0.2, -0.15) is 0 Å². The van der Waals surface area contributed by atoms with Gasteiger partial charge in [-0.15, -0.1) is 0 Å². The van der Waals surface area contributed by atoms with Crippen LogP contribution in [0.1, 0.15) is 43.6 Å². The number of nitrogens with zero attached hydrogens (tertiary/aromatic N) is 1. The highest BCUT2D eigenvalue weighted by Gasteiger charge is 2.25. The van der Waals surface area contributed by atoms with E-state index in [0.29, 0.717) is 17.7 Å². The second-order valence-electron chi connectivity index (χ2n) is 5.57. The summed E-state index contributed by atoms with van der Waals surface area (Å²) >= 11 is 0. The summed E-state index contributed by atoms with van der Waals surface area (Å²) in [7, 11) is 1.37. The highest BCUT2D eigenvalue weighted by atomic mass is 16.5. The van der Waals surface area contributed by atoms with Crippen molar-refractivity contribution in [2.75, 3.05) is 12.4 Å². The molecule has 2 rings (SSSR count). The van der Waals surface area contributed by atoms with Gasteiger partial charge in [0.25, 0.3) is 0 Å². The van der Waals surface area contributed by atoms with Crippen LogP contribution in [0.4, 0.5) is 5.69 Å². The number of anilines is 1. The van der Waals surface area contributed by atoms with Crippen molar-refractivity contribution >= 4 is 11.7 Å². The lowest BCUT2D eigenvalue weighted by molar-refractivity contribution is 0.0594. The van der Waals surface area contributed by atoms with Crippen LogP contribution in [0.15, 0.2) is 18.3 Å². The number of carbonyl (C=O) groups is 1. The molecule has 104 valence electrons. The summed E-state index contributed by atoms with van der Waals surface area (Å²) in [4.78, 5) is 15.5. The first-order valence-electron chi connectivity index (χ1n) is 6.91. The molecule has 0 amide bonds. The number of rotatable bonds is 3. The van der Waals surface area contributed by atoms with Crippen molar-refractivity contribution in [3.8, 4) is 0 Å². The molecule has 0 spiro atoms. The molecule has 4 nitrogen and oxygen atoms in total.